The van der Waals surface area contributed by atoms with Crippen LogP contribution in [0.4, 0.5) is 9.59 Å². The van der Waals surface area contributed by atoms with Crippen LogP contribution in [0.5, 0.6) is 0 Å². The van der Waals surface area contributed by atoms with Crippen LogP contribution in [0.15, 0.2) is 84.0 Å². The molecule has 4 amide bonds. The predicted octanol–water partition coefficient (Wildman–Crippen LogP) is 3.49. The standard InChI is InChI=1S/C30H32N4O5/c1-20(22-11-7-4-8-12-22)34(17-21-9-5-3-6-10-21)26(35)18-33-19-30(39-29(33)38)16-15-23-24(30)13-14-25(27(23)36)32-28(37)31-2/h3-14,20,25H,15-19H2,1-2H3,(H2,31,32,37)/t20-,25?,30-/m0/s1. The third kappa shape index (κ3) is 5.16. The summed E-state index contributed by atoms with van der Waals surface area (Å²) in [5.41, 5.74) is 2.23. The molecule has 0 bridgehead atoms. The normalized spacial score (nSPS) is 22.5. The summed E-state index contributed by atoms with van der Waals surface area (Å²) in [4.78, 5) is 54.7. The minimum absolute atomic E-state index is 0.133. The SMILES string of the molecule is CNC(=O)NC1C=CC2=C(CC[C@]23CN(CC(=O)N(Cc2ccccc2)[C@@H](C)c2ccccc2)C(=O)O3)C1=O. The first kappa shape index (κ1) is 26.2. The molecule has 0 aromatic heterocycles. The lowest BCUT2D eigenvalue weighted by Gasteiger charge is -2.31. The van der Waals surface area contributed by atoms with E-state index in [4.69, 9.17) is 4.74 Å². The Hall–Kier alpha value is -4.40. The van der Waals surface area contributed by atoms with Gasteiger partial charge in [-0.1, -0.05) is 72.8 Å². The summed E-state index contributed by atoms with van der Waals surface area (Å²) in [6, 6.07) is 18.1. The Bertz CT molecular complexity index is 1340. The van der Waals surface area contributed by atoms with Crippen LogP contribution in [0.1, 0.15) is 36.9 Å². The van der Waals surface area contributed by atoms with E-state index in [9.17, 15) is 19.2 Å². The smallest absolute Gasteiger partial charge is 0.411 e. The average Bonchev–Trinajstić information content (AvgIpc) is 3.47. The maximum Gasteiger partial charge on any atom is 0.411 e. The van der Waals surface area contributed by atoms with E-state index < -0.39 is 23.8 Å². The lowest BCUT2D eigenvalue weighted by molar-refractivity contribution is -0.134. The third-order valence-electron chi connectivity index (χ3n) is 7.72. The maximum atomic E-state index is 13.7. The monoisotopic (exact) mass is 528 g/mol. The van der Waals surface area contributed by atoms with Crippen LogP contribution in [-0.2, 0) is 20.9 Å². The van der Waals surface area contributed by atoms with E-state index in [0.29, 0.717) is 30.5 Å². The summed E-state index contributed by atoms with van der Waals surface area (Å²) in [7, 11) is 1.48. The summed E-state index contributed by atoms with van der Waals surface area (Å²) in [5, 5.41) is 5.07. The van der Waals surface area contributed by atoms with Gasteiger partial charge in [-0.25, -0.2) is 9.59 Å². The lowest BCUT2D eigenvalue weighted by Crippen LogP contribution is -2.46. The van der Waals surface area contributed by atoms with Gasteiger partial charge in [0.25, 0.3) is 0 Å². The molecule has 1 spiro atoms. The highest BCUT2D eigenvalue weighted by Gasteiger charge is 2.53. The predicted molar refractivity (Wildman–Crippen MR) is 144 cm³/mol. The lowest BCUT2D eigenvalue weighted by atomic mass is 9.89. The van der Waals surface area contributed by atoms with Crippen LogP contribution < -0.4 is 10.6 Å². The largest absolute Gasteiger partial charge is 0.436 e. The van der Waals surface area contributed by atoms with Crippen LogP contribution >= 0.6 is 0 Å². The van der Waals surface area contributed by atoms with Crippen LogP contribution in [0.3, 0.4) is 0 Å². The van der Waals surface area contributed by atoms with Gasteiger partial charge in [0.05, 0.1) is 12.6 Å². The Kier molecular flexibility index (Phi) is 7.24. The molecular weight excluding hydrogens is 496 g/mol. The quantitative estimate of drug-likeness (QED) is 0.572. The van der Waals surface area contributed by atoms with Crippen molar-refractivity contribution in [3.8, 4) is 0 Å². The maximum absolute atomic E-state index is 13.7. The van der Waals surface area contributed by atoms with E-state index >= 15 is 0 Å². The topological polar surface area (TPSA) is 108 Å². The number of carbonyl (C=O) groups excluding carboxylic acids is 4. The molecule has 2 N–H and O–H groups in total. The molecule has 0 radical (unpaired) electrons. The van der Waals surface area contributed by atoms with Crippen molar-refractivity contribution >= 4 is 23.8 Å². The minimum Gasteiger partial charge on any atom is -0.436 e. The van der Waals surface area contributed by atoms with Crippen molar-refractivity contribution in [1.82, 2.24) is 20.4 Å². The summed E-state index contributed by atoms with van der Waals surface area (Å²) in [6.07, 6.45) is 3.70. The zero-order chi connectivity index (χ0) is 27.6. The number of ketones is 1. The average molecular weight is 529 g/mol. The zero-order valence-corrected chi connectivity index (χ0v) is 22.1. The van der Waals surface area contributed by atoms with Gasteiger partial charge in [0.15, 0.2) is 11.4 Å². The molecule has 2 aromatic carbocycles. The summed E-state index contributed by atoms with van der Waals surface area (Å²) in [5.74, 6) is -0.397. The second kappa shape index (κ2) is 10.8. The van der Waals surface area contributed by atoms with Crippen molar-refractivity contribution in [2.24, 2.45) is 0 Å². The van der Waals surface area contributed by atoms with Gasteiger partial charge in [-0.3, -0.25) is 14.5 Å². The minimum atomic E-state index is -0.980. The fraction of sp³-hybridized carbons (Fsp3) is 0.333. The first-order chi connectivity index (χ1) is 18.8. The molecule has 9 heteroatoms. The van der Waals surface area contributed by atoms with E-state index in [1.807, 2.05) is 67.6 Å². The fourth-order valence-corrected chi connectivity index (χ4v) is 5.59. The highest BCUT2D eigenvalue weighted by molar-refractivity contribution is 6.05. The van der Waals surface area contributed by atoms with Crippen molar-refractivity contribution in [3.63, 3.8) is 0 Å². The van der Waals surface area contributed by atoms with Gasteiger partial charge < -0.3 is 20.3 Å². The highest BCUT2D eigenvalue weighted by Crippen LogP contribution is 2.45. The molecule has 1 saturated heterocycles. The molecule has 1 aliphatic heterocycles. The van der Waals surface area contributed by atoms with Crippen LogP contribution in [0.2, 0.25) is 0 Å². The first-order valence-corrected chi connectivity index (χ1v) is 13.1. The molecule has 202 valence electrons. The van der Waals surface area contributed by atoms with Crippen molar-refractivity contribution < 1.29 is 23.9 Å². The number of rotatable bonds is 7. The Morgan fingerprint density at radius 3 is 2.49 bits per heavy atom. The van der Waals surface area contributed by atoms with Gasteiger partial charge in [-0.15, -0.1) is 0 Å². The molecular formula is C30H32N4O5. The molecule has 3 atom stereocenters. The van der Waals surface area contributed by atoms with Gasteiger partial charge in [0.1, 0.15) is 12.6 Å². The van der Waals surface area contributed by atoms with E-state index in [1.165, 1.54) is 11.9 Å². The van der Waals surface area contributed by atoms with E-state index in [-0.39, 0.29) is 30.8 Å². The number of benzene rings is 2. The molecule has 2 aromatic rings. The van der Waals surface area contributed by atoms with Gasteiger partial charge in [0.2, 0.25) is 5.91 Å². The Balaban J connectivity index is 1.33. The van der Waals surface area contributed by atoms with Crippen molar-refractivity contribution in [1.29, 1.82) is 0 Å². The number of carbonyl (C=O) groups is 4. The van der Waals surface area contributed by atoms with Crippen LogP contribution in [0, 0.1) is 0 Å². The Labute approximate surface area is 227 Å². The number of ether oxygens (including phenoxy) is 1. The summed E-state index contributed by atoms with van der Waals surface area (Å²) < 4.78 is 5.88. The second-order valence-electron chi connectivity index (χ2n) is 10.1. The molecule has 1 heterocycles. The number of hydrogen-bond donors (Lipinski definition) is 2. The molecule has 0 saturated carbocycles. The molecule has 1 unspecified atom stereocenters. The molecule has 5 rings (SSSR count). The van der Waals surface area contributed by atoms with E-state index in [0.717, 1.165) is 11.1 Å². The Morgan fingerprint density at radius 1 is 1.10 bits per heavy atom. The number of hydrogen-bond acceptors (Lipinski definition) is 5. The van der Waals surface area contributed by atoms with Gasteiger partial charge in [-0.05, 0) is 30.9 Å². The molecule has 2 aliphatic carbocycles. The number of nitrogens with one attached hydrogen (secondary N) is 2. The van der Waals surface area contributed by atoms with Crippen LogP contribution in [-0.4, -0.2) is 65.4 Å². The van der Waals surface area contributed by atoms with Crippen LogP contribution in [0.25, 0.3) is 0 Å². The molecule has 9 nitrogen and oxygen atoms in total. The number of urea groups is 1. The van der Waals surface area contributed by atoms with Crippen molar-refractivity contribution in [2.45, 2.75) is 44.0 Å². The van der Waals surface area contributed by atoms with E-state index in [2.05, 4.69) is 10.6 Å². The molecule has 1 fully saturated rings. The number of amides is 4. The first-order valence-electron chi connectivity index (χ1n) is 13.1. The number of Topliss-reactive ketones (excluding diaryl/α,β-unsaturated/α-hetero) is 1. The van der Waals surface area contributed by atoms with Crippen molar-refractivity contribution in [2.75, 3.05) is 20.1 Å². The Morgan fingerprint density at radius 2 is 1.79 bits per heavy atom. The van der Waals surface area contributed by atoms with Gasteiger partial charge in [0, 0.05) is 24.7 Å². The zero-order valence-electron chi connectivity index (χ0n) is 22.1. The third-order valence-corrected chi connectivity index (χ3v) is 7.72. The van der Waals surface area contributed by atoms with E-state index in [1.54, 1.807) is 17.1 Å². The van der Waals surface area contributed by atoms with Gasteiger partial charge in [-0.2, -0.15) is 0 Å². The number of nitrogens with zero attached hydrogens (tertiary/aromatic N) is 2. The number of fused-ring (bicyclic) bond motifs is 1. The van der Waals surface area contributed by atoms with Crippen molar-refractivity contribution in [3.05, 3.63) is 95.1 Å². The molecule has 3 aliphatic rings. The fourth-order valence-electron chi connectivity index (χ4n) is 5.59. The summed E-state index contributed by atoms with van der Waals surface area (Å²) in [6.45, 7) is 2.43. The van der Waals surface area contributed by atoms with Gasteiger partial charge >= 0.3 is 12.1 Å². The second-order valence-corrected chi connectivity index (χ2v) is 10.1. The summed E-state index contributed by atoms with van der Waals surface area (Å²) >= 11 is 0. The molecule has 39 heavy (non-hydrogen) atoms. The highest BCUT2D eigenvalue weighted by atomic mass is 16.6.